The molecule has 4 nitrogen and oxygen atoms in total. The van der Waals surface area contributed by atoms with E-state index in [4.69, 9.17) is 9.15 Å². The molecule has 0 radical (unpaired) electrons. The van der Waals surface area contributed by atoms with Crippen molar-refractivity contribution in [3.63, 3.8) is 0 Å². The van der Waals surface area contributed by atoms with Crippen molar-refractivity contribution < 1.29 is 9.15 Å². The Labute approximate surface area is 111 Å². The second-order valence-electron chi connectivity index (χ2n) is 4.94. The monoisotopic (exact) mass is 259 g/mol. The molecule has 0 N–H and O–H groups in total. The molecule has 19 heavy (non-hydrogen) atoms. The molecule has 1 aliphatic heterocycles. The number of ether oxygens (including phenoxy) is 1. The van der Waals surface area contributed by atoms with Crippen LogP contribution < -0.4 is 10.3 Å². The van der Waals surface area contributed by atoms with E-state index in [9.17, 15) is 4.79 Å². The Morgan fingerprint density at radius 1 is 1.16 bits per heavy atom. The van der Waals surface area contributed by atoms with Gasteiger partial charge in [-0.25, -0.2) is 0 Å². The zero-order chi connectivity index (χ0) is 13.4. The first kappa shape index (κ1) is 12.2. The molecule has 1 saturated heterocycles. The van der Waals surface area contributed by atoms with E-state index in [-0.39, 0.29) is 5.43 Å². The SMILES string of the molecule is Cc1ccc2oc(C)c(N3CCOCC3)c(=O)c2c1. The summed E-state index contributed by atoms with van der Waals surface area (Å²) < 4.78 is 11.1. The number of hydrogen-bond acceptors (Lipinski definition) is 4. The molecule has 0 aliphatic carbocycles. The minimum Gasteiger partial charge on any atom is -0.459 e. The summed E-state index contributed by atoms with van der Waals surface area (Å²) in [5.41, 5.74) is 2.47. The third kappa shape index (κ3) is 2.12. The van der Waals surface area contributed by atoms with E-state index in [0.717, 1.165) is 18.7 Å². The Morgan fingerprint density at radius 2 is 1.89 bits per heavy atom. The molecule has 2 heterocycles. The molecule has 0 saturated carbocycles. The highest BCUT2D eigenvalue weighted by Gasteiger charge is 2.19. The Balaban J connectivity index is 2.21. The largest absolute Gasteiger partial charge is 0.459 e. The fourth-order valence-corrected chi connectivity index (χ4v) is 2.56. The number of morpholine rings is 1. The van der Waals surface area contributed by atoms with Crippen molar-refractivity contribution in [3.8, 4) is 0 Å². The summed E-state index contributed by atoms with van der Waals surface area (Å²) >= 11 is 0. The van der Waals surface area contributed by atoms with E-state index in [1.54, 1.807) is 0 Å². The van der Waals surface area contributed by atoms with Gasteiger partial charge in [0.25, 0.3) is 0 Å². The second kappa shape index (κ2) is 4.70. The highest BCUT2D eigenvalue weighted by molar-refractivity contribution is 5.81. The second-order valence-corrected chi connectivity index (χ2v) is 4.94. The molecular weight excluding hydrogens is 242 g/mol. The zero-order valence-electron chi connectivity index (χ0n) is 11.2. The Hall–Kier alpha value is -1.81. The van der Waals surface area contributed by atoms with Crippen LogP contribution in [0.4, 0.5) is 5.69 Å². The number of hydrogen-bond donors (Lipinski definition) is 0. The first-order chi connectivity index (χ1) is 9.16. The summed E-state index contributed by atoms with van der Waals surface area (Å²) in [5, 5.41) is 0.659. The van der Waals surface area contributed by atoms with E-state index in [0.29, 0.717) is 35.6 Å². The first-order valence-corrected chi connectivity index (χ1v) is 6.53. The number of rotatable bonds is 1. The number of fused-ring (bicyclic) bond motifs is 1. The summed E-state index contributed by atoms with van der Waals surface area (Å²) in [4.78, 5) is 14.7. The molecule has 1 aliphatic rings. The van der Waals surface area contributed by atoms with Gasteiger partial charge in [-0.3, -0.25) is 4.79 Å². The number of aryl methyl sites for hydroxylation is 2. The van der Waals surface area contributed by atoms with E-state index in [1.807, 2.05) is 32.0 Å². The number of benzene rings is 1. The number of anilines is 1. The predicted molar refractivity (Wildman–Crippen MR) is 75.0 cm³/mol. The molecule has 2 aromatic rings. The van der Waals surface area contributed by atoms with Crippen molar-refractivity contribution in [2.45, 2.75) is 13.8 Å². The van der Waals surface area contributed by atoms with E-state index >= 15 is 0 Å². The van der Waals surface area contributed by atoms with Crippen molar-refractivity contribution in [2.75, 3.05) is 31.2 Å². The molecule has 0 bridgehead atoms. The highest BCUT2D eigenvalue weighted by Crippen LogP contribution is 2.22. The summed E-state index contributed by atoms with van der Waals surface area (Å²) in [6, 6.07) is 5.71. The van der Waals surface area contributed by atoms with Gasteiger partial charge < -0.3 is 14.1 Å². The van der Waals surface area contributed by atoms with E-state index in [1.165, 1.54) is 0 Å². The van der Waals surface area contributed by atoms with Gasteiger partial charge in [-0.2, -0.15) is 0 Å². The maximum atomic E-state index is 12.7. The van der Waals surface area contributed by atoms with Crippen LogP contribution >= 0.6 is 0 Å². The standard InChI is InChI=1S/C15H17NO3/c1-10-3-4-13-12(9-10)15(17)14(11(2)19-13)16-5-7-18-8-6-16/h3-4,9H,5-8H2,1-2H3. The summed E-state index contributed by atoms with van der Waals surface area (Å²) in [6.07, 6.45) is 0. The normalized spacial score (nSPS) is 16.0. The number of nitrogens with zero attached hydrogens (tertiary/aromatic N) is 1. The van der Waals surface area contributed by atoms with Crippen molar-refractivity contribution in [1.29, 1.82) is 0 Å². The molecule has 0 unspecified atom stereocenters. The van der Waals surface area contributed by atoms with Crippen molar-refractivity contribution in [3.05, 3.63) is 39.7 Å². The fraction of sp³-hybridized carbons (Fsp3) is 0.400. The molecule has 1 aromatic heterocycles. The third-order valence-electron chi connectivity index (χ3n) is 3.52. The van der Waals surface area contributed by atoms with Gasteiger partial charge in [-0.1, -0.05) is 11.6 Å². The van der Waals surface area contributed by atoms with Crippen LogP contribution in [0.5, 0.6) is 0 Å². The van der Waals surface area contributed by atoms with Crippen molar-refractivity contribution in [2.24, 2.45) is 0 Å². The lowest BCUT2D eigenvalue weighted by Crippen LogP contribution is -2.39. The van der Waals surface area contributed by atoms with Gasteiger partial charge in [0.1, 0.15) is 17.0 Å². The lowest BCUT2D eigenvalue weighted by atomic mass is 10.1. The van der Waals surface area contributed by atoms with Crippen LogP contribution in [0.25, 0.3) is 11.0 Å². The average Bonchev–Trinajstić information content (AvgIpc) is 2.41. The lowest BCUT2D eigenvalue weighted by molar-refractivity contribution is 0.122. The van der Waals surface area contributed by atoms with E-state index in [2.05, 4.69) is 4.90 Å². The molecule has 0 atom stereocenters. The molecule has 0 spiro atoms. The van der Waals surface area contributed by atoms with Crippen LogP contribution in [-0.2, 0) is 4.74 Å². The average molecular weight is 259 g/mol. The molecule has 4 heteroatoms. The maximum Gasteiger partial charge on any atom is 0.216 e. The van der Waals surface area contributed by atoms with Gasteiger partial charge in [0.2, 0.25) is 5.43 Å². The Kier molecular flexibility index (Phi) is 3.03. The van der Waals surface area contributed by atoms with Gasteiger partial charge in [0, 0.05) is 13.1 Å². The maximum absolute atomic E-state index is 12.7. The smallest absolute Gasteiger partial charge is 0.216 e. The summed E-state index contributed by atoms with van der Waals surface area (Å²) in [6.45, 7) is 6.62. The van der Waals surface area contributed by atoms with E-state index < -0.39 is 0 Å². The summed E-state index contributed by atoms with van der Waals surface area (Å²) in [7, 11) is 0. The molecular formula is C15H17NO3. The molecule has 100 valence electrons. The van der Waals surface area contributed by atoms with Gasteiger partial charge in [-0.15, -0.1) is 0 Å². The fourth-order valence-electron chi connectivity index (χ4n) is 2.56. The molecule has 1 aromatic carbocycles. The minimum absolute atomic E-state index is 0.0596. The predicted octanol–water partition coefficient (Wildman–Crippen LogP) is 2.25. The van der Waals surface area contributed by atoms with Crippen LogP contribution in [0.1, 0.15) is 11.3 Å². The quantitative estimate of drug-likeness (QED) is 0.787. The molecule has 1 fully saturated rings. The topological polar surface area (TPSA) is 42.7 Å². The van der Waals surface area contributed by atoms with Gasteiger partial charge in [0.05, 0.1) is 18.6 Å². The van der Waals surface area contributed by atoms with Crippen LogP contribution in [0.3, 0.4) is 0 Å². The minimum atomic E-state index is 0.0596. The van der Waals surface area contributed by atoms with Crippen LogP contribution in [0, 0.1) is 13.8 Å². The Bertz CT molecular complexity index is 669. The lowest BCUT2D eigenvalue weighted by Gasteiger charge is -2.28. The Morgan fingerprint density at radius 3 is 2.63 bits per heavy atom. The van der Waals surface area contributed by atoms with Crippen LogP contribution in [-0.4, -0.2) is 26.3 Å². The summed E-state index contributed by atoms with van der Waals surface area (Å²) in [5.74, 6) is 0.684. The van der Waals surface area contributed by atoms with Gasteiger partial charge in [0.15, 0.2) is 0 Å². The third-order valence-corrected chi connectivity index (χ3v) is 3.52. The van der Waals surface area contributed by atoms with Crippen molar-refractivity contribution >= 4 is 16.7 Å². The van der Waals surface area contributed by atoms with Gasteiger partial charge in [-0.05, 0) is 26.0 Å². The van der Waals surface area contributed by atoms with Crippen molar-refractivity contribution in [1.82, 2.24) is 0 Å². The van der Waals surface area contributed by atoms with Crippen LogP contribution in [0.2, 0.25) is 0 Å². The first-order valence-electron chi connectivity index (χ1n) is 6.53. The highest BCUT2D eigenvalue weighted by atomic mass is 16.5. The zero-order valence-corrected chi connectivity index (χ0v) is 11.2. The molecule has 0 amide bonds. The van der Waals surface area contributed by atoms with Crippen LogP contribution in [0.15, 0.2) is 27.4 Å². The van der Waals surface area contributed by atoms with Gasteiger partial charge >= 0.3 is 0 Å². The molecule has 3 rings (SSSR count).